The number of hydrogen-bond acceptors (Lipinski definition) is 4. The maximum Gasteiger partial charge on any atom is 0.235 e. The number of nitrogens with zero attached hydrogens (tertiary/aromatic N) is 3. The number of anilines is 2. The topological polar surface area (TPSA) is 45.4 Å². The van der Waals surface area contributed by atoms with Gasteiger partial charge in [0.15, 0.2) is 0 Å². The van der Waals surface area contributed by atoms with E-state index >= 15 is 0 Å². The van der Waals surface area contributed by atoms with E-state index < -0.39 is 5.95 Å². The Balaban J connectivity index is 1.73. The highest BCUT2D eigenvalue weighted by molar-refractivity contribution is 6.33. The zero-order valence-electron chi connectivity index (χ0n) is 12.5. The molecule has 21 heavy (non-hydrogen) atoms. The molecule has 0 aromatic carbocycles. The summed E-state index contributed by atoms with van der Waals surface area (Å²) in [6.45, 7) is 7.26. The first-order valence-electron chi connectivity index (χ1n) is 7.59. The maximum absolute atomic E-state index is 13.7. The third kappa shape index (κ3) is 2.94. The first-order valence-corrected chi connectivity index (χ1v) is 7.97. The van der Waals surface area contributed by atoms with E-state index in [4.69, 9.17) is 17.3 Å². The van der Waals surface area contributed by atoms with Crippen LogP contribution >= 0.6 is 11.6 Å². The highest BCUT2D eigenvalue weighted by Gasteiger charge is 2.35. The van der Waals surface area contributed by atoms with Gasteiger partial charge in [0.2, 0.25) is 5.95 Å². The van der Waals surface area contributed by atoms with Gasteiger partial charge in [0.1, 0.15) is 10.8 Å². The van der Waals surface area contributed by atoms with Crippen LogP contribution in [0.1, 0.15) is 26.7 Å². The molecule has 2 fully saturated rings. The summed E-state index contributed by atoms with van der Waals surface area (Å²) >= 11 is 5.74. The molecule has 1 saturated carbocycles. The van der Waals surface area contributed by atoms with Crippen LogP contribution < -0.4 is 10.6 Å². The van der Waals surface area contributed by atoms with Gasteiger partial charge in [0, 0.05) is 37.8 Å². The molecule has 0 bridgehead atoms. The Hall–Kier alpha value is -1.07. The van der Waals surface area contributed by atoms with Crippen molar-refractivity contribution in [1.29, 1.82) is 0 Å². The molecule has 4 nitrogen and oxygen atoms in total. The van der Waals surface area contributed by atoms with Crippen molar-refractivity contribution >= 4 is 23.1 Å². The maximum atomic E-state index is 13.7. The van der Waals surface area contributed by atoms with Crippen molar-refractivity contribution in [3.63, 3.8) is 0 Å². The van der Waals surface area contributed by atoms with Gasteiger partial charge in [0.25, 0.3) is 0 Å². The number of piperazine rings is 1. The minimum atomic E-state index is -0.687. The summed E-state index contributed by atoms with van der Waals surface area (Å²) in [6.07, 6.45) is 2.71. The monoisotopic (exact) mass is 312 g/mol. The number of rotatable bonds is 3. The third-order valence-corrected chi connectivity index (χ3v) is 5.14. The fraction of sp³-hybridized carbons (Fsp3) is 0.667. The number of halogens is 2. The van der Waals surface area contributed by atoms with Gasteiger partial charge in [-0.15, -0.1) is 0 Å². The second-order valence-corrected chi connectivity index (χ2v) is 6.67. The van der Waals surface area contributed by atoms with Crippen LogP contribution in [0.25, 0.3) is 0 Å². The minimum Gasteiger partial charge on any atom is -0.397 e. The molecule has 0 unspecified atom stereocenters. The summed E-state index contributed by atoms with van der Waals surface area (Å²) in [5.41, 5.74) is 6.00. The zero-order chi connectivity index (χ0) is 15.1. The van der Waals surface area contributed by atoms with Gasteiger partial charge in [-0.05, 0) is 32.6 Å². The predicted octanol–water partition coefficient (Wildman–Crippen LogP) is 2.77. The van der Waals surface area contributed by atoms with Crippen molar-refractivity contribution in [2.24, 2.45) is 5.92 Å². The largest absolute Gasteiger partial charge is 0.397 e. The molecule has 1 saturated heterocycles. The van der Waals surface area contributed by atoms with Gasteiger partial charge in [-0.25, -0.2) is 4.98 Å². The van der Waals surface area contributed by atoms with Gasteiger partial charge < -0.3 is 10.6 Å². The molecule has 1 aliphatic heterocycles. The summed E-state index contributed by atoms with van der Waals surface area (Å²) < 4.78 is 13.7. The average Bonchev–Trinajstić information content (AvgIpc) is 3.28. The summed E-state index contributed by atoms with van der Waals surface area (Å²) in [4.78, 5) is 8.61. The molecule has 1 aromatic rings. The molecule has 2 aliphatic rings. The minimum absolute atomic E-state index is 0.0904. The summed E-state index contributed by atoms with van der Waals surface area (Å²) in [6, 6.07) is 2.60. The van der Waals surface area contributed by atoms with E-state index in [9.17, 15) is 4.39 Å². The van der Waals surface area contributed by atoms with E-state index in [1.54, 1.807) is 6.07 Å². The molecule has 2 heterocycles. The highest BCUT2D eigenvalue weighted by Crippen LogP contribution is 2.36. The molecule has 2 N–H and O–H groups in total. The van der Waals surface area contributed by atoms with Crippen molar-refractivity contribution in [2.45, 2.75) is 38.8 Å². The van der Waals surface area contributed by atoms with Crippen LogP contribution in [-0.2, 0) is 0 Å². The summed E-state index contributed by atoms with van der Waals surface area (Å²) in [5, 5.41) is -0.0904. The summed E-state index contributed by atoms with van der Waals surface area (Å²) in [5.74, 6) is 0.763. The molecular formula is C15H22ClFN4. The summed E-state index contributed by atoms with van der Waals surface area (Å²) in [7, 11) is 0. The highest BCUT2D eigenvalue weighted by atomic mass is 35.5. The molecule has 2 atom stereocenters. The Labute approximate surface area is 130 Å². The smallest absolute Gasteiger partial charge is 0.235 e. The quantitative estimate of drug-likeness (QED) is 0.872. The van der Waals surface area contributed by atoms with Crippen molar-refractivity contribution in [1.82, 2.24) is 9.88 Å². The van der Waals surface area contributed by atoms with Crippen LogP contribution in [-0.4, -0.2) is 41.6 Å². The molecular weight excluding hydrogens is 291 g/mol. The first-order chi connectivity index (χ1) is 9.97. The SMILES string of the molecule is C[C@@H](C1CC1)N1CCN(c2cc(N)c(Cl)c(F)n2)[C@@H](C)C1. The van der Waals surface area contributed by atoms with E-state index in [2.05, 4.69) is 28.6 Å². The fourth-order valence-electron chi connectivity index (χ4n) is 3.22. The van der Waals surface area contributed by atoms with E-state index in [-0.39, 0.29) is 16.8 Å². The lowest BCUT2D eigenvalue weighted by atomic mass is 10.1. The number of nitrogen functional groups attached to an aromatic ring is 1. The molecule has 1 aliphatic carbocycles. The number of aromatic nitrogens is 1. The molecule has 6 heteroatoms. The average molecular weight is 313 g/mol. The molecule has 1 aromatic heterocycles. The first kappa shape index (κ1) is 14.9. The lowest BCUT2D eigenvalue weighted by molar-refractivity contribution is 0.158. The Bertz CT molecular complexity index is 511. The van der Waals surface area contributed by atoms with Crippen LogP contribution in [0, 0.1) is 11.9 Å². The van der Waals surface area contributed by atoms with Crippen molar-refractivity contribution in [2.75, 3.05) is 30.3 Å². The second-order valence-electron chi connectivity index (χ2n) is 6.29. The molecule has 116 valence electrons. The Morgan fingerprint density at radius 1 is 1.43 bits per heavy atom. The van der Waals surface area contributed by atoms with Gasteiger partial charge in [0.05, 0.1) is 5.69 Å². The van der Waals surface area contributed by atoms with E-state index in [0.29, 0.717) is 11.9 Å². The Morgan fingerprint density at radius 3 is 2.71 bits per heavy atom. The normalized spacial score (nSPS) is 25.1. The van der Waals surface area contributed by atoms with E-state index in [1.807, 2.05) is 0 Å². The second kappa shape index (κ2) is 5.61. The van der Waals surface area contributed by atoms with Gasteiger partial charge >= 0.3 is 0 Å². The van der Waals surface area contributed by atoms with Crippen molar-refractivity contribution in [3.05, 3.63) is 17.0 Å². The molecule has 0 spiro atoms. The predicted molar refractivity (Wildman–Crippen MR) is 84.2 cm³/mol. The molecule has 3 rings (SSSR count). The lowest BCUT2D eigenvalue weighted by Crippen LogP contribution is -2.55. The van der Waals surface area contributed by atoms with Crippen LogP contribution in [0.4, 0.5) is 15.9 Å². The Kier molecular flexibility index (Phi) is 3.97. The third-order valence-electron chi connectivity index (χ3n) is 4.77. The molecule has 0 amide bonds. The zero-order valence-corrected chi connectivity index (χ0v) is 13.3. The van der Waals surface area contributed by atoms with Crippen molar-refractivity contribution < 1.29 is 4.39 Å². The van der Waals surface area contributed by atoms with Crippen LogP contribution in [0.15, 0.2) is 6.07 Å². The Morgan fingerprint density at radius 2 is 2.14 bits per heavy atom. The van der Waals surface area contributed by atoms with Gasteiger partial charge in [-0.1, -0.05) is 11.6 Å². The number of hydrogen-bond donors (Lipinski definition) is 1. The standard InChI is InChI=1S/C15H22ClFN4/c1-9-8-20(10(2)11-3-4-11)5-6-21(9)13-7-12(18)14(16)15(17)19-13/h7,9-11H,3-6,8H2,1-2H3,(H2,18,19)/t9-,10-/m0/s1. The molecule has 0 radical (unpaired) electrons. The van der Waals surface area contributed by atoms with Gasteiger partial charge in [-0.2, -0.15) is 4.39 Å². The lowest BCUT2D eigenvalue weighted by Gasteiger charge is -2.43. The van der Waals surface area contributed by atoms with Crippen molar-refractivity contribution in [3.8, 4) is 0 Å². The van der Waals surface area contributed by atoms with Crippen LogP contribution in [0.2, 0.25) is 5.02 Å². The van der Waals surface area contributed by atoms with Crippen LogP contribution in [0.3, 0.4) is 0 Å². The van der Waals surface area contributed by atoms with E-state index in [0.717, 1.165) is 25.6 Å². The number of nitrogens with two attached hydrogens (primary N) is 1. The van der Waals surface area contributed by atoms with Crippen LogP contribution in [0.5, 0.6) is 0 Å². The van der Waals surface area contributed by atoms with Gasteiger partial charge in [-0.3, -0.25) is 4.90 Å². The van der Waals surface area contributed by atoms with E-state index in [1.165, 1.54) is 12.8 Å². The fourth-order valence-corrected chi connectivity index (χ4v) is 3.32. The number of pyridine rings is 1.